The molecule has 0 aliphatic heterocycles. The van der Waals surface area contributed by atoms with Gasteiger partial charge >= 0.3 is 0 Å². The van der Waals surface area contributed by atoms with Crippen LogP contribution in [-0.2, 0) is 7.05 Å². The third-order valence-corrected chi connectivity index (χ3v) is 3.20. The van der Waals surface area contributed by atoms with E-state index < -0.39 is 0 Å². The van der Waals surface area contributed by atoms with Crippen molar-refractivity contribution in [1.29, 1.82) is 0 Å². The molecule has 4 nitrogen and oxygen atoms in total. The van der Waals surface area contributed by atoms with Crippen LogP contribution in [0.3, 0.4) is 0 Å². The first-order valence-electron chi connectivity index (χ1n) is 6.53. The van der Waals surface area contributed by atoms with E-state index in [0.29, 0.717) is 0 Å². The van der Waals surface area contributed by atoms with Gasteiger partial charge in [0.1, 0.15) is 5.75 Å². The average Bonchev–Trinajstić information content (AvgIpc) is 2.83. The second-order valence-electron chi connectivity index (χ2n) is 4.63. The molecule has 2 aromatic rings. The highest BCUT2D eigenvalue weighted by Gasteiger charge is 2.16. The van der Waals surface area contributed by atoms with Gasteiger partial charge in [0, 0.05) is 13.2 Å². The lowest BCUT2D eigenvalue weighted by atomic mass is 10.0. The lowest BCUT2D eigenvalue weighted by molar-refractivity contribution is 0.410. The predicted octanol–water partition coefficient (Wildman–Crippen LogP) is 2.44. The van der Waals surface area contributed by atoms with Crippen molar-refractivity contribution >= 4 is 0 Å². The quantitative estimate of drug-likeness (QED) is 0.896. The third-order valence-electron chi connectivity index (χ3n) is 3.20. The van der Waals surface area contributed by atoms with Crippen LogP contribution in [-0.4, -0.2) is 23.4 Å². The molecular formula is C15H21N3O. The summed E-state index contributed by atoms with van der Waals surface area (Å²) < 4.78 is 7.23. The molecule has 0 radical (unpaired) electrons. The fraction of sp³-hybridized carbons (Fsp3) is 0.400. The summed E-state index contributed by atoms with van der Waals surface area (Å²) >= 11 is 0. The van der Waals surface area contributed by atoms with Crippen molar-refractivity contribution in [3.63, 3.8) is 0 Å². The van der Waals surface area contributed by atoms with Crippen molar-refractivity contribution in [3.8, 4) is 5.75 Å². The van der Waals surface area contributed by atoms with Gasteiger partial charge in [-0.2, -0.15) is 5.10 Å². The Morgan fingerprint density at radius 2 is 2.16 bits per heavy atom. The van der Waals surface area contributed by atoms with E-state index in [2.05, 4.69) is 35.5 Å². The van der Waals surface area contributed by atoms with Crippen LogP contribution in [0.15, 0.2) is 30.5 Å². The molecule has 0 saturated carbocycles. The molecule has 102 valence electrons. The fourth-order valence-corrected chi connectivity index (χ4v) is 2.20. The minimum absolute atomic E-state index is 0.0979. The Bertz CT molecular complexity index is 548. The molecule has 0 amide bonds. The number of ether oxygens (including phenoxy) is 1. The van der Waals surface area contributed by atoms with Gasteiger partial charge in [-0.25, -0.2) is 0 Å². The summed E-state index contributed by atoms with van der Waals surface area (Å²) in [6, 6.07) is 8.43. The molecule has 0 fully saturated rings. The largest absolute Gasteiger partial charge is 0.496 e. The third kappa shape index (κ3) is 2.96. The van der Waals surface area contributed by atoms with Crippen molar-refractivity contribution in [1.82, 2.24) is 15.1 Å². The highest BCUT2D eigenvalue weighted by atomic mass is 16.5. The molecule has 2 rings (SSSR count). The summed E-state index contributed by atoms with van der Waals surface area (Å²) in [5.74, 6) is 0.913. The molecule has 0 aliphatic carbocycles. The molecule has 1 heterocycles. The monoisotopic (exact) mass is 259 g/mol. The number of rotatable bonds is 5. The minimum Gasteiger partial charge on any atom is -0.496 e. The number of methoxy groups -OCH3 is 1. The highest BCUT2D eigenvalue weighted by Crippen LogP contribution is 2.26. The van der Waals surface area contributed by atoms with Gasteiger partial charge < -0.3 is 10.1 Å². The Morgan fingerprint density at radius 3 is 2.74 bits per heavy atom. The highest BCUT2D eigenvalue weighted by molar-refractivity contribution is 5.40. The Morgan fingerprint density at radius 1 is 1.37 bits per heavy atom. The zero-order chi connectivity index (χ0) is 13.8. The molecular weight excluding hydrogens is 238 g/mol. The molecule has 1 N–H and O–H groups in total. The van der Waals surface area contributed by atoms with E-state index in [1.165, 1.54) is 5.56 Å². The Hall–Kier alpha value is -1.81. The molecule has 0 aliphatic rings. The maximum atomic E-state index is 5.40. The number of aryl methyl sites for hydroxylation is 2. The molecule has 1 unspecified atom stereocenters. The van der Waals surface area contributed by atoms with Gasteiger partial charge in [-0.1, -0.05) is 19.1 Å². The van der Waals surface area contributed by atoms with Crippen LogP contribution in [0.1, 0.15) is 29.8 Å². The summed E-state index contributed by atoms with van der Waals surface area (Å²) in [6.45, 7) is 5.03. The van der Waals surface area contributed by atoms with E-state index >= 15 is 0 Å². The number of benzene rings is 1. The van der Waals surface area contributed by atoms with Crippen LogP contribution in [0, 0.1) is 6.92 Å². The second kappa shape index (κ2) is 5.89. The van der Waals surface area contributed by atoms with Gasteiger partial charge in [-0.05, 0) is 36.7 Å². The van der Waals surface area contributed by atoms with Crippen LogP contribution < -0.4 is 10.1 Å². The first-order chi connectivity index (χ1) is 9.15. The normalized spacial score (nSPS) is 12.4. The molecule has 1 aromatic carbocycles. The number of aromatic nitrogens is 2. The Balaban J connectivity index is 2.38. The smallest absolute Gasteiger partial charge is 0.122 e. The van der Waals surface area contributed by atoms with Crippen molar-refractivity contribution in [2.24, 2.45) is 7.05 Å². The topological polar surface area (TPSA) is 39.1 Å². The van der Waals surface area contributed by atoms with E-state index in [1.54, 1.807) is 7.11 Å². The maximum Gasteiger partial charge on any atom is 0.122 e. The lowest BCUT2D eigenvalue weighted by Crippen LogP contribution is -2.22. The van der Waals surface area contributed by atoms with E-state index in [9.17, 15) is 0 Å². The fourth-order valence-electron chi connectivity index (χ4n) is 2.20. The summed E-state index contributed by atoms with van der Waals surface area (Å²) in [4.78, 5) is 0. The van der Waals surface area contributed by atoms with Crippen molar-refractivity contribution < 1.29 is 4.74 Å². The predicted molar refractivity (Wildman–Crippen MR) is 76.5 cm³/mol. The lowest BCUT2D eigenvalue weighted by Gasteiger charge is -2.17. The van der Waals surface area contributed by atoms with E-state index in [1.807, 2.05) is 30.9 Å². The molecule has 1 atom stereocenters. The molecule has 0 saturated heterocycles. The summed E-state index contributed by atoms with van der Waals surface area (Å²) in [6.07, 6.45) is 1.96. The summed E-state index contributed by atoms with van der Waals surface area (Å²) in [5.41, 5.74) is 3.33. The van der Waals surface area contributed by atoms with Gasteiger partial charge in [0.05, 0.1) is 18.8 Å². The van der Waals surface area contributed by atoms with Crippen molar-refractivity contribution in [2.45, 2.75) is 19.9 Å². The average molecular weight is 259 g/mol. The van der Waals surface area contributed by atoms with E-state index in [4.69, 9.17) is 4.74 Å². The van der Waals surface area contributed by atoms with Crippen LogP contribution in [0.4, 0.5) is 0 Å². The standard InChI is InChI=1S/C15H21N3O/c1-5-16-15(13-8-9-18(3)17-13)12-7-6-11(2)14(10-12)19-4/h6-10,15-16H,5H2,1-4H3. The van der Waals surface area contributed by atoms with Gasteiger partial charge in [0.25, 0.3) is 0 Å². The van der Waals surface area contributed by atoms with Crippen molar-refractivity contribution in [3.05, 3.63) is 47.3 Å². The SMILES string of the molecule is CCNC(c1ccc(C)c(OC)c1)c1ccn(C)n1. The van der Waals surface area contributed by atoms with Gasteiger partial charge in [-0.3, -0.25) is 4.68 Å². The number of hydrogen-bond acceptors (Lipinski definition) is 3. The molecule has 4 heteroatoms. The number of hydrogen-bond donors (Lipinski definition) is 1. The van der Waals surface area contributed by atoms with Crippen LogP contribution in [0.2, 0.25) is 0 Å². The number of nitrogens with one attached hydrogen (secondary N) is 1. The first-order valence-corrected chi connectivity index (χ1v) is 6.53. The molecule has 19 heavy (non-hydrogen) atoms. The number of nitrogens with zero attached hydrogens (tertiary/aromatic N) is 2. The van der Waals surface area contributed by atoms with Gasteiger partial charge in [0.2, 0.25) is 0 Å². The van der Waals surface area contributed by atoms with Crippen LogP contribution in [0.25, 0.3) is 0 Å². The zero-order valence-electron chi connectivity index (χ0n) is 12.0. The van der Waals surface area contributed by atoms with E-state index in [-0.39, 0.29) is 6.04 Å². The molecule has 0 bridgehead atoms. The summed E-state index contributed by atoms with van der Waals surface area (Å²) in [7, 11) is 3.64. The Kier molecular flexibility index (Phi) is 4.22. The zero-order valence-corrected chi connectivity index (χ0v) is 12.0. The van der Waals surface area contributed by atoms with Gasteiger partial charge in [-0.15, -0.1) is 0 Å². The van der Waals surface area contributed by atoms with Crippen LogP contribution in [0.5, 0.6) is 5.75 Å². The maximum absolute atomic E-state index is 5.40. The molecule has 0 spiro atoms. The Labute approximate surface area is 114 Å². The van der Waals surface area contributed by atoms with E-state index in [0.717, 1.165) is 23.6 Å². The minimum atomic E-state index is 0.0979. The van der Waals surface area contributed by atoms with Crippen molar-refractivity contribution in [2.75, 3.05) is 13.7 Å². The van der Waals surface area contributed by atoms with Crippen LogP contribution >= 0.6 is 0 Å². The van der Waals surface area contributed by atoms with Gasteiger partial charge in [0.15, 0.2) is 0 Å². The molecule has 1 aromatic heterocycles. The summed E-state index contributed by atoms with van der Waals surface area (Å²) in [5, 5.41) is 7.97. The second-order valence-corrected chi connectivity index (χ2v) is 4.63. The first kappa shape index (κ1) is 13.6.